The van der Waals surface area contributed by atoms with E-state index in [4.69, 9.17) is 9.15 Å². The SMILES string of the molecule is CCCOc1cccc(C/C=C(/C)C(=O)c2c(O)cc(C(C)CC/C=C/NC(=O)OC)oc2=O)c1. The van der Waals surface area contributed by atoms with E-state index in [2.05, 4.69) is 10.1 Å². The fourth-order valence-electron chi connectivity index (χ4n) is 3.25. The van der Waals surface area contributed by atoms with Crippen molar-refractivity contribution in [2.45, 2.75) is 52.4 Å². The number of Topliss-reactive ketones (excluding diaryl/α,β-unsaturated/α-hetero) is 1. The fourth-order valence-corrected chi connectivity index (χ4v) is 3.25. The number of allylic oxidation sites excluding steroid dienone is 3. The topological polar surface area (TPSA) is 115 Å². The lowest BCUT2D eigenvalue weighted by Crippen LogP contribution is -2.17. The second-order valence-corrected chi connectivity index (χ2v) is 8.13. The van der Waals surface area contributed by atoms with Crippen molar-refractivity contribution in [1.29, 1.82) is 0 Å². The van der Waals surface area contributed by atoms with Crippen LogP contribution in [0.25, 0.3) is 0 Å². The zero-order chi connectivity index (χ0) is 25.8. The summed E-state index contributed by atoms with van der Waals surface area (Å²) in [7, 11) is 1.27. The molecule has 188 valence electrons. The summed E-state index contributed by atoms with van der Waals surface area (Å²) in [5.74, 6) is -0.132. The third kappa shape index (κ3) is 8.48. The molecule has 1 aromatic heterocycles. The van der Waals surface area contributed by atoms with Gasteiger partial charge < -0.3 is 19.0 Å². The number of hydrogen-bond donors (Lipinski definition) is 2. The van der Waals surface area contributed by atoms with E-state index in [9.17, 15) is 19.5 Å². The van der Waals surface area contributed by atoms with Crippen LogP contribution in [0.15, 0.2) is 63.5 Å². The van der Waals surface area contributed by atoms with Gasteiger partial charge in [-0.25, -0.2) is 9.59 Å². The molecule has 2 rings (SSSR count). The summed E-state index contributed by atoms with van der Waals surface area (Å²) >= 11 is 0. The highest BCUT2D eigenvalue weighted by atomic mass is 16.5. The lowest BCUT2D eigenvalue weighted by molar-refractivity contribution is 0.102. The number of ether oxygens (including phenoxy) is 2. The van der Waals surface area contributed by atoms with Gasteiger partial charge in [0.05, 0.1) is 13.7 Å². The molecule has 0 spiro atoms. The first-order valence-electron chi connectivity index (χ1n) is 11.6. The first kappa shape index (κ1) is 27.4. The van der Waals surface area contributed by atoms with Crippen LogP contribution in [0.3, 0.4) is 0 Å². The van der Waals surface area contributed by atoms with Crippen molar-refractivity contribution in [2.24, 2.45) is 0 Å². The molecule has 0 radical (unpaired) electrons. The van der Waals surface area contributed by atoms with E-state index in [0.717, 1.165) is 17.7 Å². The molecule has 1 atom stereocenters. The molecule has 0 aliphatic rings. The quantitative estimate of drug-likeness (QED) is 0.313. The third-order valence-corrected chi connectivity index (χ3v) is 5.31. The second kappa shape index (κ2) is 13.8. The molecule has 2 N–H and O–H groups in total. The molecule has 0 saturated carbocycles. The number of carbonyl (C=O) groups is 2. The monoisotopic (exact) mass is 483 g/mol. The van der Waals surface area contributed by atoms with Gasteiger partial charge in [-0.1, -0.05) is 38.1 Å². The van der Waals surface area contributed by atoms with Crippen LogP contribution >= 0.6 is 0 Å². The van der Waals surface area contributed by atoms with E-state index in [-0.39, 0.29) is 17.2 Å². The van der Waals surface area contributed by atoms with Crippen LogP contribution in [-0.2, 0) is 11.2 Å². The highest BCUT2D eigenvalue weighted by Crippen LogP contribution is 2.26. The van der Waals surface area contributed by atoms with E-state index in [1.807, 2.05) is 38.1 Å². The highest BCUT2D eigenvalue weighted by molar-refractivity contribution is 6.09. The standard InChI is InChI=1S/C27H33NO7/c1-5-15-34-21-11-8-10-20(16-21)13-12-19(3)25(30)24-22(29)17-23(35-26(24)31)18(2)9-6-7-14-28-27(32)33-4/h7-8,10-12,14,16-18,29H,5-6,9,13,15H2,1-4H3,(H,28,32)/b14-7+,19-12-. The first-order valence-corrected chi connectivity index (χ1v) is 11.6. The minimum Gasteiger partial charge on any atom is -0.507 e. The number of alkyl carbamates (subject to hydrolysis) is 1. The molecule has 1 unspecified atom stereocenters. The number of benzene rings is 1. The third-order valence-electron chi connectivity index (χ3n) is 5.31. The maximum Gasteiger partial charge on any atom is 0.410 e. The van der Waals surface area contributed by atoms with Gasteiger partial charge in [0.15, 0.2) is 5.78 Å². The molecule has 35 heavy (non-hydrogen) atoms. The number of carbonyl (C=O) groups excluding carboxylic acids is 2. The molecular weight excluding hydrogens is 450 g/mol. The van der Waals surface area contributed by atoms with Crippen LogP contribution in [0, 0.1) is 0 Å². The smallest absolute Gasteiger partial charge is 0.410 e. The molecule has 2 aromatic rings. The van der Waals surface area contributed by atoms with E-state index >= 15 is 0 Å². The number of aromatic hydroxyl groups is 1. The van der Waals surface area contributed by atoms with Crippen molar-refractivity contribution in [3.8, 4) is 11.5 Å². The molecule has 8 nitrogen and oxygen atoms in total. The van der Waals surface area contributed by atoms with E-state index in [1.54, 1.807) is 19.1 Å². The van der Waals surface area contributed by atoms with Crippen molar-refractivity contribution in [3.05, 3.63) is 81.6 Å². The zero-order valence-electron chi connectivity index (χ0n) is 20.6. The Hall–Kier alpha value is -3.81. The minimum absolute atomic E-state index is 0.195. The maximum atomic E-state index is 12.9. The summed E-state index contributed by atoms with van der Waals surface area (Å²) in [5, 5.41) is 12.9. The van der Waals surface area contributed by atoms with Gasteiger partial charge in [0.2, 0.25) is 0 Å². The van der Waals surface area contributed by atoms with Crippen LogP contribution in [0.1, 0.15) is 67.6 Å². The molecule has 1 heterocycles. The Morgan fingerprint density at radius 3 is 2.71 bits per heavy atom. The van der Waals surface area contributed by atoms with Gasteiger partial charge >= 0.3 is 11.7 Å². The number of nitrogens with one attached hydrogen (secondary N) is 1. The summed E-state index contributed by atoms with van der Waals surface area (Å²) in [6, 6.07) is 8.92. The maximum absolute atomic E-state index is 12.9. The zero-order valence-corrected chi connectivity index (χ0v) is 20.6. The van der Waals surface area contributed by atoms with Gasteiger partial charge in [-0.15, -0.1) is 0 Å². The Balaban J connectivity index is 2.06. The number of ketones is 1. The molecule has 0 fully saturated rings. The molecule has 0 bridgehead atoms. The molecule has 8 heteroatoms. The molecule has 1 amide bonds. The van der Waals surface area contributed by atoms with Crippen molar-refractivity contribution in [1.82, 2.24) is 5.32 Å². The number of amides is 1. The Morgan fingerprint density at radius 2 is 2.03 bits per heavy atom. The Labute approximate surface area is 205 Å². The van der Waals surface area contributed by atoms with Crippen LogP contribution in [-0.4, -0.2) is 30.7 Å². The van der Waals surface area contributed by atoms with Crippen molar-refractivity contribution < 1.29 is 28.6 Å². The van der Waals surface area contributed by atoms with Crippen LogP contribution in [0.4, 0.5) is 4.79 Å². The van der Waals surface area contributed by atoms with E-state index in [1.165, 1.54) is 19.4 Å². The first-order chi connectivity index (χ1) is 16.8. The predicted octanol–water partition coefficient (Wildman–Crippen LogP) is 5.26. The summed E-state index contributed by atoms with van der Waals surface area (Å²) in [6.45, 7) is 6.10. The van der Waals surface area contributed by atoms with Gasteiger partial charge in [0.25, 0.3) is 0 Å². The Morgan fingerprint density at radius 1 is 1.26 bits per heavy atom. The minimum atomic E-state index is -0.873. The summed E-state index contributed by atoms with van der Waals surface area (Å²) in [5.41, 5.74) is 0.0397. The lowest BCUT2D eigenvalue weighted by Gasteiger charge is -2.11. The Bertz CT molecular complexity index is 1130. The van der Waals surface area contributed by atoms with Crippen molar-refractivity contribution in [2.75, 3.05) is 13.7 Å². The van der Waals surface area contributed by atoms with Crippen molar-refractivity contribution in [3.63, 3.8) is 0 Å². The summed E-state index contributed by atoms with van der Waals surface area (Å²) in [4.78, 5) is 36.4. The summed E-state index contributed by atoms with van der Waals surface area (Å²) < 4.78 is 15.4. The van der Waals surface area contributed by atoms with Gasteiger partial charge in [-0.2, -0.15) is 0 Å². The van der Waals surface area contributed by atoms with Crippen LogP contribution in [0.5, 0.6) is 11.5 Å². The molecular formula is C27H33NO7. The molecule has 1 aromatic carbocycles. The lowest BCUT2D eigenvalue weighted by atomic mass is 9.99. The highest BCUT2D eigenvalue weighted by Gasteiger charge is 2.22. The van der Waals surface area contributed by atoms with Gasteiger partial charge in [-0.3, -0.25) is 10.1 Å². The van der Waals surface area contributed by atoms with E-state index in [0.29, 0.717) is 31.4 Å². The summed E-state index contributed by atoms with van der Waals surface area (Å²) in [6.07, 6.45) is 6.92. The molecule has 0 aliphatic heterocycles. The predicted molar refractivity (Wildman–Crippen MR) is 133 cm³/mol. The fraction of sp³-hybridized carbons (Fsp3) is 0.370. The van der Waals surface area contributed by atoms with E-state index < -0.39 is 23.3 Å². The molecule has 0 saturated heterocycles. The normalized spacial score (nSPS) is 12.4. The second-order valence-electron chi connectivity index (χ2n) is 8.13. The van der Waals surface area contributed by atoms with Crippen molar-refractivity contribution >= 4 is 11.9 Å². The number of rotatable bonds is 12. The van der Waals surface area contributed by atoms with Crippen LogP contribution < -0.4 is 15.7 Å². The van der Waals surface area contributed by atoms with Gasteiger partial charge in [-0.05, 0) is 55.9 Å². The number of methoxy groups -OCH3 is 1. The van der Waals surface area contributed by atoms with Crippen LogP contribution in [0.2, 0.25) is 0 Å². The largest absolute Gasteiger partial charge is 0.507 e. The molecule has 0 aliphatic carbocycles. The van der Waals surface area contributed by atoms with Gasteiger partial charge in [0, 0.05) is 18.2 Å². The van der Waals surface area contributed by atoms with Gasteiger partial charge in [0.1, 0.15) is 22.8 Å². The Kier molecular flexibility index (Phi) is 10.8. The average molecular weight is 484 g/mol. The average Bonchev–Trinajstić information content (AvgIpc) is 2.85. The number of hydrogen-bond acceptors (Lipinski definition) is 7.